The van der Waals surface area contributed by atoms with E-state index in [0.29, 0.717) is 18.4 Å². The molecule has 0 radical (unpaired) electrons. The first-order valence-corrected chi connectivity index (χ1v) is 6.88. The van der Waals surface area contributed by atoms with E-state index in [4.69, 9.17) is 4.74 Å². The average Bonchev–Trinajstić information content (AvgIpc) is 3.07. The van der Waals surface area contributed by atoms with Crippen LogP contribution < -0.4 is 0 Å². The topological polar surface area (TPSA) is 66.9 Å². The Kier molecular flexibility index (Phi) is 3.67. The van der Waals surface area contributed by atoms with Gasteiger partial charge in [0.1, 0.15) is 6.10 Å². The predicted octanol–water partition coefficient (Wildman–Crippen LogP) is 1.66. The molecule has 1 aliphatic carbocycles. The van der Waals surface area contributed by atoms with Gasteiger partial charge in [-0.25, -0.2) is 0 Å². The van der Waals surface area contributed by atoms with E-state index >= 15 is 0 Å². The third-order valence-corrected chi connectivity index (χ3v) is 4.08. The zero-order valence-corrected chi connectivity index (χ0v) is 11.8. The minimum atomic E-state index is -0.813. The molecule has 1 N–H and O–H groups in total. The van der Waals surface area contributed by atoms with Crippen molar-refractivity contribution >= 4 is 11.6 Å². The molecule has 0 bridgehead atoms. The van der Waals surface area contributed by atoms with Crippen LogP contribution in [0.15, 0.2) is 12.2 Å². The van der Waals surface area contributed by atoms with E-state index in [9.17, 15) is 14.7 Å². The van der Waals surface area contributed by atoms with Gasteiger partial charge in [0.05, 0.1) is 11.7 Å². The van der Waals surface area contributed by atoms with E-state index in [2.05, 4.69) is 6.58 Å². The summed E-state index contributed by atoms with van der Waals surface area (Å²) in [6.07, 6.45) is 1.12. The summed E-state index contributed by atoms with van der Waals surface area (Å²) >= 11 is 0. The average molecular weight is 266 g/mol. The van der Waals surface area contributed by atoms with Crippen LogP contribution in [0, 0.1) is 11.8 Å². The van der Waals surface area contributed by atoms with Crippen LogP contribution in [0.3, 0.4) is 0 Å². The van der Waals surface area contributed by atoms with E-state index in [0.717, 1.165) is 0 Å². The van der Waals surface area contributed by atoms with Crippen LogP contribution in [-0.2, 0) is 14.3 Å². The smallest absolute Gasteiger partial charge is 0.224 e. The summed E-state index contributed by atoms with van der Waals surface area (Å²) in [5.74, 6) is -0.779. The Hall–Kier alpha value is -1.00. The van der Waals surface area contributed by atoms with Crippen molar-refractivity contribution in [3.8, 4) is 0 Å². The molecule has 2 aliphatic rings. The van der Waals surface area contributed by atoms with Crippen molar-refractivity contribution < 1.29 is 19.4 Å². The van der Waals surface area contributed by atoms with Crippen LogP contribution in [0.5, 0.6) is 0 Å². The number of fused-ring (bicyclic) bond motifs is 1. The molecule has 1 aliphatic heterocycles. The Balaban J connectivity index is 1.98. The number of carbonyl (C=O) groups excluding carboxylic acids is 2. The molecule has 1 saturated heterocycles. The van der Waals surface area contributed by atoms with Crippen molar-refractivity contribution in [2.45, 2.75) is 57.8 Å². The molecule has 0 unspecified atom stereocenters. The van der Waals surface area contributed by atoms with E-state index in [1.165, 1.54) is 0 Å². The zero-order chi connectivity index (χ0) is 14.4. The Bertz CT molecular complexity index is 422. The molecule has 0 amide bonds. The van der Waals surface area contributed by atoms with Gasteiger partial charge >= 0.3 is 0 Å². The number of ketones is 2. The number of Topliss-reactive ketones (excluding diaryl/α,β-unsaturated/α-hetero) is 2. The molecular formula is C15H22O4. The highest BCUT2D eigenvalue weighted by Crippen LogP contribution is 2.48. The zero-order valence-electron chi connectivity index (χ0n) is 11.8. The normalized spacial score (nSPS) is 36.8. The lowest BCUT2D eigenvalue weighted by Gasteiger charge is -2.29. The van der Waals surface area contributed by atoms with Gasteiger partial charge in [-0.3, -0.25) is 9.59 Å². The first-order valence-electron chi connectivity index (χ1n) is 6.88. The highest BCUT2D eigenvalue weighted by atomic mass is 16.6. The standard InChI is InChI=1S/C15H22O4/c1-8(2)7-11(16)12(17)9(3)10-5-6-15(4,18)14-13(10)19-14/h8,10,13-14,18H,3,5-7H2,1-2,4H3/t10-,13-,14-,15+/m0/s1. The Labute approximate surface area is 113 Å². The molecule has 1 saturated carbocycles. The fraction of sp³-hybridized carbons (Fsp3) is 0.733. The maximum absolute atomic E-state index is 12.0. The van der Waals surface area contributed by atoms with E-state index in [1.807, 2.05) is 13.8 Å². The molecular weight excluding hydrogens is 244 g/mol. The van der Waals surface area contributed by atoms with Crippen molar-refractivity contribution in [2.24, 2.45) is 11.8 Å². The van der Waals surface area contributed by atoms with Gasteiger partial charge in [-0.05, 0) is 25.7 Å². The molecule has 0 aromatic rings. The van der Waals surface area contributed by atoms with Crippen LogP contribution in [0.1, 0.15) is 40.0 Å². The highest BCUT2D eigenvalue weighted by Gasteiger charge is 2.59. The number of hydrogen-bond acceptors (Lipinski definition) is 4. The Morgan fingerprint density at radius 3 is 2.68 bits per heavy atom. The van der Waals surface area contributed by atoms with Crippen molar-refractivity contribution in [2.75, 3.05) is 0 Å². The summed E-state index contributed by atoms with van der Waals surface area (Å²) in [6.45, 7) is 9.37. The molecule has 0 aromatic carbocycles. The summed E-state index contributed by atoms with van der Waals surface area (Å²) < 4.78 is 5.46. The van der Waals surface area contributed by atoms with E-state index in [1.54, 1.807) is 6.92 Å². The second-order valence-electron chi connectivity index (χ2n) is 6.40. The molecule has 4 atom stereocenters. The second kappa shape index (κ2) is 4.84. The maximum Gasteiger partial charge on any atom is 0.224 e. The van der Waals surface area contributed by atoms with Crippen LogP contribution in [0.25, 0.3) is 0 Å². The molecule has 0 spiro atoms. The Morgan fingerprint density at radius 1 is 1.47 bits per heavy atom. The van der Waals surface area contributed by atoms with Crippen molar-refractivity contribution in [1.29, 1.82) is 0 Å². The molecule has 0 aromatic heterocycles. The maximum atomic E-state index is 12.0. The molecule has 4 nitrogen and oxygen atoms in total. The van der Waals surface area contributed by atoms with Crippen LogP contribution in [-0.4, -0.2) is 34.5 Å². The fourth-order valence-corrected chi connectivity index (χ4v) is 2.87. The van der Waals surface area contributed by atoms with E-state index in [-0.39, 0.29) is 36.2 Å². The first-order chi connectivity index (χ1) is 8.74. The molecule has 2 rings (SSSR count). The van der Waals surface area contributed by atoms with Gasteiger partial charge in [0.15, 0.2) is 0 Å². The van der Waals surface area contributed by atoms with Crippen molar-refractivity contribution in [3.05, 3.63) is 12.2 Å². The number of epoxide rings is 1. The number of hydrogen-bond donors (Lipinski definition) is 1. The van der Waals surface area contributed by atoms with Gasteiger partial charge in [0.2, 0.25) is 11.6 Å². The monoisotopic (exact) mass is 266 g/mol. The molecule has 19 heavy (non-hydrogen) atoms. The summed E-state index contributed by atoms with van der Waals surface area (Å²) in [5.41, 5.74) is -0.458. The lowest BCUT2D eigenvalue weighted by atomic mass is 9.75. The molecule has 4 heteroatoms. The number of rotatable bonds is 5. The lowest BCUT2D eigenvalue weighted by molar-refractivity contribution is -0.135. The van der Waals surface area contributed by atoms with Gasteiger partial charge in [-0.1, -0.05) is 20.4 Å². The SMILES string of the molecule is C=C(C(=O)C(=O)CC(C)C)[C@@H]1CC[C@@](C)(O)[C@H]2O[C@@H]12. The first kappa shape index (κ1) is 14.4. The second-order valence-corrected chi connectivity index (χ2v) is 6.40. The van der Waals surface area contributed by atoms with Gasteiger partial charge in [0.25, 0.3) is 0 Å². The Morgan fingerprint density at radius 2 is 2.11 bits per heavy atom. The van der Waals surface area contributed by atoms with Crippen molar-refractivity contribution in [1.82, 2.24) is 0 Å². The van der Waals surface area contributed by atoms with Gasteiger partial charge < -0.3 is 9.84 Å². The summed E-state index contributed by atoms with van der Waals surface area (Å²) in [5, 5.41) is 10.0. The summed E-state index contributed by atoms with van der Waals surface area (Å²) in [6, 6.07) is 0. The lowest BCUT2D eigenvalue weighted by Crippen LogP contribution is -2.40. The fourth-order valence-electron chi connectivity index (χ4n) is 2.87. The predicted molar refractivity (Wildman–Crippen MR) is 70.6 cm³/mol. The molecule has 1 heterocycles. The van der Waals surface area contributed by atoms with Crippen molar-refractivity contribution in [3.63, 3.8) is 0 Å². The third kappa shape index (κ3) is 2.79. The van der Waals surface area contributed by atoms with Crippen LogP contribution >= 0.6 is 0 Å². The highest BCUT2D eigenvalue weighted by molar-refractivity contribution is 6.43. The van der Waals surface area contributed by atoms with Gasteiger partial charge in [0, 0.05) is 17.9 Å². The minimum absolute atomic E-state index is 0.117. The number of aliphatic hydroxyl groups is 1. The largest absolute Gasteiger partial charge is 0.387 e. The minimum Gasteiger partial charge on any atom is -0.387 e. The van der Waals surface area contributed by atoms with Crippen LogP contribution in [0.2, 0.25) is 0 Å². The summed E-state index contributed by atoms with van der Waals surface area (Å²) in [4.78, 5) is 23.8. The number of ether oxygens (including phenoxy) is 1. The summed E-state index contributed by atoms with van der Waals surface area (Å²) in [7, 11) is 0. The quantitative estimate of drug-likeness (QED) is 0.467. The van der Waals surface area contributed by atoms with Gasteiger partial charge in [-0.15, -0.1) is 0 Å². The number of carbonyl (C=O) groups is 2. The van der Waals surface area contributed by atoms with Gasteiger partial charge in [-0.2, -0.15) is 0 Å². The molecule has 2 fully saturated rings. The third-order valence-electron chi connectivity index (χ3n) is 4.08. The van der Waals surface area contributed by atoms with E-state index < -0.39 is 11.4 Å². The van der Waals surface area contributed by atoms with Crippen LogP contribution in [0.4, 0.5) is 0 Å². The molecule has 106 valence electrons.